The van der Waals surface area contributed by atoms with Crippen molar-refractivity contribution in [2.24, 2.45) is 0 Å². The fourth-order valence-corrected chi connectivity index (χ4v) is 1.42. The average Bonchev–Trinajstić information content (AvgIpc) is 2.16. The molecule has 0 radical (unpaired) electrons. The molecule has 0 aromatic heterocycles. The number of rotatable bonds is 2. The molecule has 1 aliphatic heterocycles. The Morgan fingerprint density at radius 2 is 2.36 bits per heavy atom. The predicted molar refractivity (Wildman–Crippen MR) is 48.9 cm³/mol. The van der Waals surface area contributed by atoms with E-state index in [4.69, 9.17) is 5.11 Å². The minimum absolute atomic E-state index is 0.00645. The average molecular weight is 199 g/mol. The number of aliphatic carboxylic acids is 1. The van der Waals surface area contributed by atoms with Crippen LogP contribution in [0, 0.1) is 0 Å². The van der Waals surface area contributed by atoms with Gasteiger partial charge in [0.05, 0.1) is 13.5 Å². The molecule has 78 valence electrons. The van der Waals surface area contributed by atoms with Crippen molar-refractivity contribution in [2.45, 2.75) is 12.8 Å². The second kappa shape index (κ2) is 4.64. The normalized spacial score (nSPS) is 16.1. The van der Waals surface area contributed by atoms with E-state index >= 15 is 0 Å². The molecule has 1 heterocycles. The number of hydrogen-bond acceptors (Lipinski definition) is 3. The number of carboxylic acid groups (broad SMARTS) is 1. The third-order valence-corrected chi connectivity index (χ3v) is 2.04. The number of carbonyl (C=O) groups is 2. The van der Waals surface area contributed by atoms with Gasteiger partial charge in [0.15, 0.2) is 0 Å². The molecule has 0 aliphatic carbocycles. The summed E-state index contributed by atoms with van der Waals surface area (Å²) in [6.07, 6.45) is 2.15. The molecule has 0 bridgehead atoms. The first kappa shape index (κ1) is 10.6. The Morgan fingerprint density at radius 1 is 1.64 bits per heavy atom. The molecule has 1 aliphatic rings. The SMILES string of the molecule is COC(=O)N1CCC=C(CC(=O)O)C1. The summed E-state index contributed by atoms with van der Waals surface area (Å²) in [7, 11) is 1.32. The summed E-state index contributed by atoms with van der Waals surface area (Å²) in [5, 5.41) is 8.57. The van der Waals surface area contributed by atoms with Gasteiger partial charge < -0.3 is 14.7 Å². The molecule has 1 rings (SSSR count). The fourth-order valence-electron chi connectivity index (χ4n) is 1.42. The number of carboxylic acids is 1. The molecule has 14 heavy (non-hydrogen) atoms. The van der Waals surface area contributed by atoms with E-state index in [1.54, 1.807) is 0 Å². The van der Waals surface area contributed by atoms with Crippen molar-refractivity contribution >= 4 is 12.1 Å². The zero-order valence-corrected chi connectivity index (χ0v) is 8.02. The summed E-state index contributed by atoms with van der Waals surface area (Å²) in [6, 6.07) is 0. The van der Waals surface area contributed by atoms with Crippen LogP contribution in [0.2, 0.25) is 0 Å². The smallest absolute Gasteiger partial charge is 0.409 e. The molecule has 5 nitrogen and oxygen atoms in total. The van der Waals surface area contributed by atoms with Gasteiger partial charge in [0, 0.05) is 13.1 Å². The first-order valence-electron chi connectivity index (χ1n) is 4.36. The van der Waals surface area contributed by atoms with E-state index in [-0.39, 0.29) is 6.42 Å². The lowest BCUT2D eigenvalue weighted by Crippen LogP contribution is -2.36. The molecule has 0 spiro atoms. The van der Waals surface area contributed by atoms with Crippen molar-refractivity contribution in [1.29, 1.82) is 0 Å². The van der Waals surface area contributed by atoms with Gasteiger partial charge in [-0.15, -0.1) is 0 Å². The van der Waals surface area contributed by atoms with Crippen molar-refractivity contribution < 1.29 is 19.4 Å². The van der Waals surface area contributed by atoms with E-state index in [0.29, 0.717) is 19.5 Å². The molecular formula is C9H13NO4. The van der Waals surface area contributed by atoms with Crippen LogP contribution in [0.25, 0.3) is 0 Å². The molecule has 0 fully saturated rings. The number of hydrogen-bond donors (Lipinski definition) is 1. The molecule has 0 unspecified atom stereocenters. The van der Waals surface area contributed by atoms with Gasteiger partial charge in [-0.3, -0.25) is 4.79 Å². The third-order valence-electron chi connectivity index (χ3n) is 2.04. The van der Waals surface area contributed by atoms with Crippen LogP contribution in [0.15, 0.2) is 11.6 Å². The van der Waals surface area contributed by atoms with Gasteiger partial charge in [0.2, 0.25) is 0 Å². The van der Waals surface area contributed by atoms with Crippen molar-refractivity contribution in [2.75, 3.05) is 20.2 Å². The zero-order valence-electron chi connectivity index (χ0n) is 8.02. The molecule has 1 N–H and O–H groups in total. The van der Waals surface area contributed by atoms with Gasteiger partial charge in [-0.2, -0.15) is 0 Å². The van der Waals surface area contributed by atoms with Gasteiger partial charge in [-0.25, -0.2) is 4.79 Å². The summed E-state index contributed by atoms with van der Waals surface area (Å²) in [4.78, 5) is 23.1. The Labute approximate surface area is 82.0 Å². The summed E-state index contributed by atoms with van der Waals surface area (Å²) >= 11 is 0. The maximum atomic E-state index is 11.1. The van der Waals surface area contributed by atoms with E-state index in [2.05, 4.69) is 4.74 Å². The van der Waals surface area contributed by atoms with E-state index in [0.717, 1.165) is 5.57 Å². The second-order valence-corrected chi connectivity index (χ2v) is 3.11. The maximum Gasteiger partial charge on any atom is 0.409 e. The topological polar surface area (TPSA) is 66.8 Å². The van der Waals surface area contributed by atoms with Crippen LogP contribution in [0.4, 0.5) is 4.79 Å². The van der Waals surface area contributed by atoms with E-state index in [1.807, 2.05) is 6.08 Å². The van der Waals surface area contributed by atoms with Crippen LogP contribution < -0.4 is 0 Å². The van der Waals surface area contributed by atoms with Crippen molar-refractivity contribution in [3.8, 4) is 0 Å². The Bertz CT molecular complexity index is 272. The lowest BCUT2D eigenvalue weighted by molar-refractivity contribution is -0.136. The lowest BCUT2D eigenvalue weighted by atomic mass is 10.1. The number of amides is 1. The van der Waals surface area contributed by atoms with Crippen molar-refractivity contribution in [3.63, 3.8) is 0 Å². The van der Waals surface area contributed by atoms with E-state index < -0.39 is 12.1 Å². The third kappa shape index (κ3) is 2.76. The minimum Gasteiger partial charge on any atom is -0.481 e. The second-order valence-electron chi connectivity index (χ2n) is 3.11. The highest BCUT2D eigenvalue weighted by Gasteiger charge is 2.19. The van der Waals surface area contributed by atoms with Gasteiger partial charge >= 0.3 is 12.1 Å². The summed E-state index contributed by atoms with van der Waals surface area (Å²) in [5.41, 5.74) is 0.758. The number of ether oxygens (including phenoxy) is 1. The van der Waals surface area contributed by atoms with Gasteiger partial charge in [0.25, 0.3) is 0 Å². The van der Waals surface area contributed by atoms with Crippen LogP contribution in [0.3, 0.4) is 0 Å². The minimum atomic E-state index is -0.872. The highest BCUT2D eigenvalue weighted by molar-refractivity contribution is 5.72. The van der Waals surface area contributed by atoms with Gasteiger partial charge in [-0.1, -0.05) is 6.08 Å². The van der Waals surface area contributed by atoms with Crippen molar-refractivity contribution in [1.82, 2.24) is 4.90 Å². The van der Waals surface area contributed by atoms with Crippen LogP contribution in [0.1, 0.15) is 12.8 Å². The Balaban J connectivity index is 2.53. The molecule has 0 aromatic carbocycles. The Hall–Kier alpha value is -1.52. The largest absolute Gasteiger partial charge is 0.481 e. The monoisotopic (exact) mass is 199 g/mol. The highest BCUT2D eigenvalue weighted by Crippen LogP contribution is 2.13. The molecule has 0 saturated heterocycles. The van der Waals surface area contributed by atoms with Gasteiger partial charge in [-0.05, 0) is 12.0 Å². The van der Waals surface area contributed by atoms with Crippen molar-refractivity contribution in [3.05, 3.63) is 11.6 Å². The Kier molecular flexibility index (Phi) is 3.50. The predicted octanol–water partition coefficient (Wildman–Crippen LogP) is 0.860. The first-order valence-corrected chi connectivity index (χ1v) is 4.36. The van der Waals surface area contributed by atoms with Crippen LogP contribution in [-0.2, 0) is 9.53 Å². The summed E-state index contributed by atoms with van der Waals surface area (Å²) < 4.78 is 4.56. The van der Waals surface area contributed by atoms with E-state index in [9.17, 15) is 9.59 Å². The molecule has 0 saturated carbocycles. The number of nitrogens with zero attached hydrogens (tertiary/aromatic N) is 1. The standard InChI is InChI=1S/C9H13NO4/c1-14-9(13)10-4-2-3-7(6-10)5-8(11)12/h3H,2,4-6H2,1H3,(H,11,12). The van der Waals surface area contributed by atoms with Crippen LogP contribution in [0.5, 0.6) is 0 Å². The van der Waals surface area contributed by atoms with Crippen LogP contribution >= 0.6 is 0 Å². The molecular weight excluding hydrogens is 186 g/mol. The highest BCUT2D eigenvalue weighted by atomic mass is 16.5. The molecule has 5 heteroatoms. The molecule has 0 aromatic rings. The number of methoxy groups -OCH3 is 1. The maximum absolute atomic E-state index is 11.1. The first-order chi connectivity index (χ1) is 6.63. The summed E-state index contributed by atoms with van der Waals surface area (Å²) in [6.45, 7) is 0.953. The quantitative estimate of drug-likeness (QED) is 0.670. The molecule has 1 amide bonds. The van der Waals surface area contributed by atoms with E-state index in [1.165, 1.54) is 12.0 Å². The zero-order chi connectivity index (χ0) is 10.6. The number of carbonyl (C=O) groups excluding carboxylic acids is 1. The lowest BCUT2D eigenvalue weighted by Gasteiger charge is -2.25. The summed E-state index contributed by atoms with van der Waals surface area (Å²) in [5.74, 6) is -0.872. The molecule has 0 atom stereocenters. The van der Waals surface area contributed by atoms with Gasteiger partial charge in [0.1, 0.15) is 0 Å². The Morgan fingerprint density at radius 3 is 2.93 bits per heavy atom. The van der Waals surface area contributed by atoms with Crippen LogP contribution in [-0.4, -0.2) is 42.3 Å². The fraction of sp³-hybridized carbons (Fsp3) is 0.556.